The first kappa shape index (κ1) is 15.2. The number of phenolic OH excluding ortho intramolecular Hbond substituents is 1. The van der Waals surface area contributed by atoms with E-state index in [0.29, 0.717) is 12.4 Å². The Balaban J connectivity index is 2.47. The number of benzene rings is 1. The number of para-hydroxylation sites is 1. The molecule has 0 spiro atoms. The highest BCUT2D eigenvalue weighted by molar-refractivity contribution is 6.68. The zero-order valence-corrected chi connectivity index (χ0v) is 12.3. The molecule has 0 atom stereocenters. The van der Waals surface area contributed by atoms with Crippen molar-refractivity contribution < 1.29 is 14.3 Å². The van der Waals surface area contributed by atoms with Crippen LogP contribution in [0.4, 0.5) is 0 Å². The summed E-state index contributed by atoms with van der Waals surface area (Å²) in [6.45, 7) is 6.36. The highest BCUT2D eigenvalue weighted by Gasteiger charge is 2.18. The van der Waals surface area contributed by atoms with Gasteiger partial charge < -0.3 is 14.3 Å². The number of ether oxygens (including phenoxy) is 1. The molecular formula is C14H23O3Si. The summed E-state index contributed by atoms with van der Waals surface area (Å²) in [5.41, 5.74) is 0. The SMILES string of the molecule is CCC[Si](OCCCOCC)c1ccccc1O. The van der Waals surface area contributed by atoms with Gasteiger partial charge in [-0.2, -0.15) is 0 Å². The zero-order valence-electron chi connectivity index (χ0n) is 11.3. The van der Waals surface area contributed by atoms with E-state index in [2.05, 4.69) is 6.92 Å². The lowest BCUT2D eigenvalue weighted by molar-refractivity contribution is 0.131. The van der Waals surface area contributed by atoms with E-state index in [1.54, 1.807) is 6.07 Å². The average Bonchev–Trinajstić information content (AvgIpc) is 2.38. The highest BCUT2D eigenvalue weighted by atomic mass is 28.3. The van der Waals surface area contributed by atoms with Gasteiger partial charge in [-0.3, -0.25) is 0 Å². The van der Waals surface area contributed by atoms with Crippen LogP contribution < -0.4 is 5.19 Å². The average molecular weight is 267 g/mol. The molecule has 1 aromatic rings. The summed E-state index contributed by atoms with van der Waals surface area (Å²) in [6.07, 6.45) is 1.99. The Morgan fingerprint density at radius 1 is 1.17 bits per heavy atom. The maximum Gasteiger partial charge on any atom is 0.250 e. The van der Waals surface area contributed by atoms with Crippen LogP contribution in [0.1, 0.15) is 26.7 Å². The number of hydrogen-bond acceptors (Lipinski definition) is 3. The van der Waals surface area contributed by atoms with Gasteiger partial charge in [0.15, 0.2) is 0 Å². The molecule has 0 aromatic heterocycles. The molecule has 0 bridgehead atoms. The molecular weight excluding hydrogens is 244 g/mol. The van der Waals surface area contributed by atoms with Crippen molar-refractivity contribution in [3.05, 3.63) is 24.3 Å². The summed E-state index contributed by atoms with van der Waals surface area (Å²) in [7, 11) is -1.10. The Hall–Kier alpha value is -0.843. The number of rotatable bonds is 9. The first-order valence-electron chi connectivity index (χ1n) is 6.64. The van der Waals surface area contributed by atoms with Crippen molar-refractivity contribution in [3.8, 4) is 5.75 Å². The normalized spacial score (nSPS) is 11.1. The van der Waals surface area contributed by atoms with Gasteiger partial charge in [0, 0.05) is 25.0 Å². The molecule has 0 unspecified atom stereocenters. The molecule has 0 aliphatic rings. The first-order valence-corrected chi connectivity index (χ1v) is 8.25. The summed E-state index contributed by atoms with van der Waals surface area (Å²) in [4.78, 5) is 0. The second kappa shape index (κ2) is 9.14. The molecule has 3 nitrogen and oxygen atoms in total. The number of hydrogen-bond donors (Lipinski definition) is 1. The van der Waals surface area contributed by atoms with Crippen LogP contribution in [0.25, 0.3) is 0 Å². The van der Waals surface area contributed by atoms with E-state index >= 15 is 0 Å². The predicted molar refractivity (Wildman–Crippen MR) is 75.7 cm³/mol. The maximum atomic E-state index is 9.87. The van der Waals surface area contributed by atoms with Crippen LogP contribution in [0, 0.1) is 0 Å². The third-order valence-corrected chi connectivity index (χ3v) is 5.13. The van der Waals surface area contributed by atoms with Gasteiger partial charge in [-0.1, -0.05) is 31.5 Å². The van der Waals surface area contributed by atoms with Crippen LogP contribution in [0.3, 0.4) is 0 Å². The third-order valence-electron chi connectivity index (χ3n) is 2.59. The topological polar surface area (TPSA) is 38.7 Å². The number of phenols is 1. The Morgan fingerprint density at radius 3 is 2.61 bits per heavy atom. The van der Waals surface area contributed by atoms with E-state index in [-0.39, 0.29) is 0 Å². The fourth-order valence-electron chi connectivity index (χ4n) is 1.72. The van der Waals surface area contributed by atoms with Crippen molar-refractivity contribution in [1.82, 2.24) is 0 Å². The summed E-state index contributed by atoms with van der Waals surface area (Å²) >= 11 is 0. The lowest BCUT2D eigenvalue weighted by atomic mass is 10.3. The fourth-order valence-corrected chi connectivity index (χ4v) is 3.79. The van der Waals surface area contributed by atoms with E-state index in [9.17, 15) is 5.11 Å². The second-order valence-corrected chi connectivity index (χ2v) is 6.26. The van der Waals surface area contributed by atoms with Gasteiger partial charge in [0.25, 0.3) is 0 Å². The fraction of sp³-hybridized carbons (Fsp3) is 0.571. The number of aromatic hydroxyl groups is 1. The Bertz CT molecular complexity index is 331. The largest absolute Gasteiger partial charge is 0.508 e. The standard InChI is InChI=1S/C14H23O3Si/c1-3-12-18(17-11-7-10-16-4-2)14-9-6-5-8-13(14)15/h5-6,8-9,15H,3-4,7,10-12H2,1-2H3. The predicted octanol–water partition coefficient (Wildman–Crippen LogP) is 2.44. The molecule has 101 valence electrons. The van der Waals surface area contributed by atoms with Crippen LogP contribution >= 0.6 is 0 Å². The monoisotopic (exact) mass is 267 g/mol. The molecule has 1 N–H and O–H groups in total. The van der Waals surface area contributed by atoms with Crippen molar-refractivity contribution in [1.29, 1.82) is 0 Å². The molecule has 0 aliphatic carbocycles. The Kier molecular flexibility index (Phi) is 7.72. The van der Waals surface area contributed by atoms with Gasteiger partial charge in [0.2, 0.25) is 9.04 Å². The second-order valence-electron chi connectivity index (χ2n) is 4.09. The molecule has 0 heterocycles. The van der Waals surface area contributed by atoms with Crippen molar-refractivity contribution in [2.24, 2.45) is 0 Å². The smallest absolute Gasteiger partial charge is 0.250 e. The van der Waals surface area contributed by atoms with Crippen molar-refractivity contribution in [2.75, 3.05) is 19.8 Å². The molecule has 1 aromatic carbocycles. The van der Waals surface area contributed by atoms with E-state index in [4.69, 9.17) is 9.16 Å². The van der Waals surface area contributed by atoms with Crippen molar-refractivity contribution in [2.45, 2.75) is 32.7 Å². The third kappa shape index (κ3) is 5.21. The van der Waals surface area contributed by atoms with Crippen LogP contribution in [-0.2, 0) is 9.16 Å². The zero-order chi connectivity index (χ0) is 13.2. The Labute approximate surface area is 111 Å². The minimum atomic E-state index is -1.10. The summed E-state index contributed by atoms with van der Waals surface area (Å²) in [5, 5.41) is 10.9. The van der Waals surface area contributed by atoms with Gasteiger partial charge in [0.05, 0.1) is 0 Å². The van der Waals surface area contributed by atoms with Gasteiger partial charge in [-0.15, -0.1) is 0 Å². The molecule has 0 amide bonds. The van der Waals surface area contributed by atoms with Gasteiger partial charge in [0.1, 0.15) is 5.75 Å². The molecule has 18 heavy (non-hydrogen) atoms. The molecule has 0 fully saturated rings. The van der Waals surface area contributed by atoms with E-state index in [0.717, 1.165) is 37.3 Å². The van der Waals surface area contributed by atoms with Crippen LogP contribution in [0.2, 0.25) is 6.04 Å². The minimum Gasteiger partial charge on any atom is -0.508 e. The van der Waals surface area contributed by atoms with Gasteiger partial charge >= 0.3 is 0 Å². The first-order chi connectivity index (χ1) is 8.79. The minimum absolute atomic E-state index is 0.365. The molecule has 1 rings (SSSR count). The van der Waals surface area contributed by atoms with Crippen molar-refractivity contribution in [3.63, 3.8) is 0 Å². The van der Waals surface area contributed by atoms with Crippen LogP contribution in [0.15, 0.2) is 24.3 Å². The quantitative estimate of drug-likeness (QED) is 0.552. The molecule has 4 heteroatoms. The van der Waals surface area contributed by atoms with Gasteiger partial charge in [-0.25, -0.2) is 0 Å². The lowest BCUT2D eigenvalue weighted by Crippen LogP contribution is -2.34. The Morgan fingerprint density at radius 2 is 1.94 bits per heavy atom. The molecule has 0 saturated carbocycles. The maximum absolute atomic E-state index is 9.87. The van der Waals surface area contributed by atoms with E-state index < -0.39 is 9.04 Å². The summed E-state index contributed by atoms with van der Waals surface area (Å²) in [5.74, 6) is 0.365. The lowest BCUT2D eigenvalue weighted by Gasteiger charge is -2.16. The van der Waals surface area contributed by atoms with Crippen molar-refractivity contribution >= 4 is 14.2 Å². The molecule has 0 saturated heterocycles. The van der Waals surface area contributed by atoms with Crippen LogP contribution in [0.5, 0.6) is 5.75 Å². The highest BCUT2D eigenvalue weighted by Crippen LogP contribution is 2.10. The van der Waals surface area contributed by atoms with E-state index in [1.165, 1.54) is 0 Å². The van der Waals surface area contributed by atoms with E-state index in [1.807, 2.05) is 25.1 Å². The summed E-state index contributed by atoms with van der Waals surface area (Å²) in [6, 6.07) is 8.54. The van der Waals surface area contributed by atoms with Crippen LogP contribution in [-0.4, -0.2) is 34.0 Å². The van der Waals surface area contributed by atoms with Gasteiger partial charge in [-0.05, 0) is 25.5 Å². The molecule has 0 aliphatic heterocycles. The summed E-state index contributed by atoms with van der Waals surface area (Å²) < 4.78 is 11.2. The molecule has 1 radical (unpaired) electrons.